The molecule has 1 aromatic rings. The lowest BCUT2D eigenvalue weighted by Gasteiger charge is -2.09. The molecule has 0 atom stereocenters. The van der Waals surface area contributed by atoms with Gasteiger partial charge in [-0.25, -0.2) is 4.79 Å². The number of hydrogen-bond donors (Lipinski definition) is 2. The van der Waals surface area contributed by atoms with Gasteiger partial charge in [-0.05, 0) is 24.3 Å². The number of alkyl halides is 3. The average molecular weight is 307 g/mol. The summed E-state index contributed by atoms with van der Waals surface area (Å²) < 4.78 is 45.0. The second kappa shape index (κ2) is 8.48. The Balaban J connectivity index is 2.05. The fourth-order valence-electron chi connectivity index (χ4n) is 1.39. The van der Waals surface area contributed by atoms with Gasteiger partial charge in [0.15, 0.2) is 0 Å². The van der Waals surface area contributed by atoms with Crippen LogP contribution in [0, 0.1) is 0 Å². The van der Waals surface area contributed by atoms with Crippen LogP contribution in [-0.4, -0.2) is 50.2 Å². The van der Waals surface area contributed by atoms with Crippen molar-refractivity contribution in [2.24, 2.45) is 0 Å². The number of ether oxygens (including phenoxy) is 2. The van der Waals surface area contributed by atoms with Crippen LogP contribution in [0.15, 0.2) is 24.3 Å². The van der Waals surface area contributed by atoms with Crippen LogP contribution < -0.4 is 10.1 Å². The Bertz CT molecular complexity index is 434. The van der Waals surface area contributed by atoms with Gasteiger partial charge in [0, 0.05) is 13.1 Å². The Morgan fingerprint density at radius 2 is 1.76 bits per heavy atom. The summed E-state index contributed by atoms with van der Waals surface area (Å²) in [6, 6.07) is 5.93. The van der Waals surface area contributed by atoms with Crippen molar-refractivity contribution in [2.75, 3.05) is 32.9 Å². The fourth-order valence-corrected chi connectivity index (χ4v) is 1.39. The van der Waals surface area contributed by atoms with Crippen LogP contribution in [0.1, 0.15) is 10.4 Å². The summed E-state index contributed by atoms with van der Waals surface area (Å²) in [5, 5.41) is 11.6. The lowest BCUT2D eigenvalue weighted by molar-refractivity contribution is -0.173. The Labute approximate surface area is 119 Å². The summed E-state index contributed by atoms with van der Waals surface area (Å²) in [6.45, 7) is -0.243. The summed E-state index contributed by atoms with van der Waals surface area (Å²) in [5.74, 6) is -0.489. The van der Waals surface area contributed by atoms with Crippen LogP contribution in [0.25, 0.3) is 0 Å². The fraction of sp³-hybridized carbons (Fsp3) is 0.462. The molecule has 1 rings (SSSR count). The zero-order chi connectivity index (χ0) is 15.7. The minimum absolute atomic E-state index is 0.0349. The number of halogens is 3. The number of hydrogen-bond acceptors (Lipinski definition) is 4. The molecule has 21 heavy (non-hydrogen) atoms. The van der Waals surface area contributed by atoms with Gasteiger partial charge in [-0.1, -0.05) is 0 Å². The molecule has 0 spiro atoms. The van der Waals surface area contributed by atoms with Gasteiger partial charge in [-0.15, -0.1) is 0 Å². The van der Waals surface area contributed by atoms with Crippen LogP contribution in [0.2, 0.25) is 0 Å². The molecular weight excluding hydrogens is 291 g/mol. The first-order chi connectivity index (χ1) is 9.88. The number of aromatic carboxylic acids is 1. The molecule has 0 saturated heterocycles. The predicted octanol–water partition coefficient (Wildman–Crippen LogP) is 1.93. The van der Waals surface area contributed by atoms with Crippen molar-refractivity contribution in [3.8, 4) is 5.75 Å². The molecule has 118 valence electrons. The number of carboxylic acids is 1. The third-order valence-electron chi connectivity index (χ3n) is 2.34. The molecule has 0 saturated carbocycles. The summed E-state index contributed by atoms with van der Waals surface area (Å²) >= 11 is 0. The van der Waals surface area contributed by atoms with Crippen molar-refractivity contribution in [1.29, 1.82) is 0 Å². The van der Waals surface area contributed by atoms with E-state index in [2.05, 4.69) is 10.1 Å². The van der Waals surface area contributed by atoms with E-state index in [4.69, 9.17) is 9.84 Å². The van der Waals surface area contributed by atoms with E-state index in [1.54, 1.807) is 0 Å². The van der Waals surface area contributed by atoms with E-state index in [-0.39, 0.29) is 18.7 Å². The molecule has 0 heterocycles. The largest absolute Gasteiger partial charge is 0.492 e. The number of carbonyl (C=O) groups is 1. The minimum Gasteiger partial charge on any atom is -0.492 e. The minimum atomic E-state index is -4.30. The van der Waals surface area contributed by atoms with Gasteiger partial charge in [0.2, 0.25) is 0 Å². The predicted molar refractivity (Wildman–Crippen MR) is 68.6 cm³/mol. The van der Waals surface area contributed by atoms with Crippen molar-refractivity contribution < 1.29 is 32.5 Å². The molecular formula is C13H16F3NO4. The van der Waals surface area contributed by atoms with Gasteiger partial charge < -0.3 is 19.9 Å². The van der Waals surface area contributed by atoms with Crippen molar-refractivity contribution in [3.63, 3.8) is 0 Å². The summed E-state index contributed by atoms with van der Waals surface area (Å²) in [5.41, 5.74) is 0.169. The summed E-state index contributed by atoms with van der Waals surface area (Å²) in [7, 11) is 0. The highest BCUT2D eigenvalue weighted by Gasteiger charge is 2.27. The molecule has 5 nitrogen and oxygen atoms in total. The average Bonchev–Trinajstić information content (AvgIpc) is 2.41. The van der Waals surface area contributed by atoms with Gasteiger partial charge in [0.1, 0.15) is 19.0 Å². The zero-order valence-corrected chi connectivity index (χ0v) is 11.2. The molecule has 0 amide bonds. The highest BCUT2D eigenvalue weighted by atomic mass is 19.4. The van der Waals surface area contributed by atoms with E-state index in [1.165, 1.54) is 24.3 Å². The van der Waals surface area contributed by atoms with Gasteiger partial charge >= 0.3 is 12.1 Å². The van der Waals surface area contributed by atoms with Crippen molar-refractivity contribution in [2.45, 2.75) is 6.18 Å². The van der Waals surface area contributed by atoms with E-state index in [0.29, 0.717) is 18.9 Å². The first kappa shape index (κ1) is 17.3. The molecule has 8 heteroatoms. The second-order valence-corrected chi connectivity index (χ2v) is 4.10. The molecule has 0 aromatic heterocycles. The van der Waals surface area contributed by atoms with Gasteiger partial charge in [0.05, 0.1) is 12.2 Å². The third kappa shape index (κ3) is 8.16. The highest BCUT2D eigenvalue weighted by Crippen LogP contribution is 2.14. The van der Waals surface area contributed by atoms with E-state index < -0.39 is 18.8 Å². The molecule has 0 aliphatic heterocycles. The number of rotatable bonds is 9. The molecule has 0 fully saturated rings. The first-order valence-electron chi connectivity index (χ1n) is 6.20. The quantitative estimate of drug-likeness (QED) is 0.682. The smallest absolute Gasteiger partial charge is 0.411 e. The van der Waals surface area contributed by atoms with Crippen molar-refractivity contribution in [3.05, 3.63) is 29.8 Å². The van der Waals surface area contributed by atoms with Crippen LogP contribution in [0.5, 0.6) is 5.75 Å². The lowest BCUT2D eigenvalue weighted by atomic mass is 10.2. The highest BCUT2D eigenvalue weighted by molar-refractivity contribution is 5.87. The summed E-state index contributed by atoms with van der Waals surface area (Å²) in [6.07, 6.45) is -4.30. The maximum absolute atomic E-state index is 11.7. The summed E-state index contributed by atoms with van der Waals surface area (Å²) in [4.78, 5) is 10.6. The Morgan fingerprint density at radius 3 is 2.33 bits per heavy atom. The van der Waals surface area contributed by atoms with Crippen LogP contribution in [0.3, 0.4) is 0 Å². The Morgan fingerprint density at radius 1 is 1.14 bits per heavy atom. The van der Waals surface area contributed by atoms with Gasteiger partial charge in [0.25, 0.3) is 0 Å². The molecule has 2 N–H and O–H groups in total. The van der Waals surface area contributed by atoms with Gasteiger partial charge in [-0.2, -0.15) is 13.2 Å². The molecule has 0 aliphatic carbocycles. The second-order valence-electron chi connectivity index (χ2n) is 4.10. The maximum atomic E-state index is 11.7. The zero-order valence-electron chi connectivity index (χ0n) is 11.2. The van der Waals surface area contributed by atoms with E-state index in [0.717, 1.165) is 0 Å². The van der Waals surface area contributed by atoms with Gasteiger partial charge in [-0.3, -0.25) is 0 Å². The number of carboxylic acid groups (broad SMARTS) is 1. The maximum Gasteiger partial charge on any atom is 0.411 e. The molecule has 0 aliphatic rings. The molecule has 0 radical (unpaired) electrons. The normalized spacial score (nSPS) is 11.4. The molecule has 1 aromatic carbocycles. The third-order valence-corrected chi connectivity index (χ3v) is 2.34. The number of nitrogens with one attached hydrogen (secondary N) is 1. The lowest BCUT2D eigenvalue weighted by Crippen LogP contribution is -2.27. The van der Waals surface area contributed by atoms with E-state index in [9.17, 15) is 18.0 Å². The van der Waals surface area contributed by atoms with Crippen LogP contribution in [-0.2, 0) is 4.74 Å². The van der Waals surface area contributed by atoms with Crippen LogP contribution >= 0.6 is 0 Å². The van der Waals surface area contributed by atoms with Crippen LogP contribution in [0.4, 0.5) is 13.2 Å². The standard InChI is InChI=1S/C13H16F3NO4/c14-13(15,16)9-20-7-5-17-6-8-21-11-3-1-10(2-4-11)12(18)19/h1-4,17H,5-9H2,(H,18,19). The van der Waals surface area contributed by atoms with Crippen molar-refractivity contribution in [1.82, 2.24) is 5.32 Å². The SMILES string of the molecule is O=C(O)c1ccc(OCCNCCOCC(F)(F)F)cc1. The topological polar surface area (TPSA) is 67.8 Å². The Hall–Kier alpha value is -1.80. The Kier molecular flexibility index (Phi) is 6.97. The number of benzene rings is 1. The van der Waals surface area contributed by atoms with Crippen molar-refractivity contribution >= 4 is 5.97 Å². The van der Waals surface area contributed by atoms with E-state index in [1.807, 2.05) is 0 Å². The molecule has 0 bridgehead atoms. The first-order valence-corrected chi connectivity index (χ1v) is 6.20. The van der Waals surface area contributed by atoms with E-state index >= 15 is 0 Å². The molecule has 0 unspecified atom stereocenters. The monoisotopic (exact) mass is 307 g/mol.